The molecule has 0 atom stereocenters. The Balaban J connectivity index is 3.47. The second-order valence-corrected chi connectivity index (χ2v) is 2.76. The molecule has 0 saturated heterocycles. The van der Waals surface area contributed by atoms with Gasteiger partial charge in [0.25, 0.3) is 0 Å². The average Bonchev–Trinajstić information content (AvgIpc) is 1.87. The third-order valence-corrected chi connectivity index (χ3v) is 1.26. The quantitative estimate of drug-likeness (QED) is 0.385. The summed E-state index contributed by atoms with van der Waals surface area (Å²) in [6.45, 7) is 3.60. The lowest BCUT2D eigenvalue weighted by Gasteiger charge is -1.91. The zero-order valence-electron chi connectivity index (χ0n) is 6.26. The molecule has 0 bridgehead atoms. The van der Waals surface area contributed by atoms with Crippen molar-refractivity contribution < 1.29 is 5.21 Å². The molecule has 3 heteroatoms. The number of hydrogen-bond donors (Lipinski definition) is 1. The summed E-state index contributed by atoms with van der Waals surface area (Å²) in [5, 5.41) is 12.0. The highest BCUT2D eigenvalue weighted by Crippen LogP contribution is 2.02. The van der Waals surface area contributed by atoms with E-state index >= 15 is 0 Å². The first-order valence-electron chi connectivity index (χ1n) is 3.16. The Morgan fingerprint density at radius 1 is 1.60 bits per heavy atom. The lowest BCUT2D eigenvalue weighted by atomic mass is 10.2. The largest absolute Gasteiger partial charge is 0.411 e. The molecule has 0 saturated carbocycles. The standard InChI is InChI=1S/C7H12ClNO/c1-6(8)4-3-5-7(2)9-10/h4,10H,3,5H2,1-2H3/b6-4-,9-7-. The highest BCUT2D eigenvalue weighted by Gasteiger charge is 1.88. The number of rotatable bonds is 3. The number of nitrogens with zero attached hydrogens (tertiary/aromatic N) is 1. The highest BCUT2D eigenvalue weighted by atomic mass is 35.5. The summed E-state index contributed by atoms with van der Waals surface area (Å²) in [6, 6.07) is 0. The Morgan fingerprint density at radius 3 is 2.60 bits per heavy atom. The van der Waals surface area contributed by atoms with E-state index in [1.54, 1.807) is 6.92 Å². The summed E-state index contributed by atoms with van der Waals surface area (Å²) in [5.41, 5.74) is 0.731. The molecule has 0 aliphatic carbocycles. The molecule has 0 fully saturated rings. The summed E-state index contributed by atoms with van der Waals surface area (Å²) in [5.74, 6) is 0. The van der Waals surface area contributed by atoms with Crippen molar-refractivity contribution in [2.45, 2.75) is 26.7 Å². The van der Waals surface area contributed by atoms with Crippen LogP contribution >= 0.6 is 11.6 Å². The Bertz CT molecular complexity index is 148. The first-order valence-corrected chi connectivity index (χ1v) is 3.54. The van der Waals surface area contributed by atoms with E-state index in [1.165, 1.54) is 0 Å². The maximum atomic E-state index is 8.23. The summed E-state index contributed by atoms with van der Waals surface area (Å²) in [7, 11) is 0. The van der Waals surface area contributed by atoms with Crippen LogP contribution in [0.5, 0.6) is 0 Å². The fourth-order valence-electron chi connectivity index (χ4n) is 0.530. The molecular formula is C7H12ClNO. The summed E-state index contributed by atoms with van der Waals surface area (Å²) < 4.78 is 0. The van der Waals surface area contributed by atoms with E-state index in [0.717, 1.165) is 23.6 Å². The van der Waals surface area contributed by atoms with Crippen LogP contribution < -0.4 is 0 Å². The zero-order chi connectivity index (χ0) is 7.98. The van der Waals surface area contributed by atoms with Gasteiger partial charge in [0.15, 0.2) is 0 Å². The molecule has 10 heavy (non-hydrogen) atoms. The first kappa shape index (κ1) is 9.50. The highest BCUT2D eigenvalue weighted by molar-refractivity contribution is 6.29. The van der Waals surface area contributed by atoms with Gasteiger partial charge in [0, 0.05) is 5.03 Å². The summed E-state index contributed by atoms with van der Waals surface area (Å²) in [4.78, 5) is 0. The van der Waals surface area contributed by atoms with E-state index in [2.05, 4.69) is 5.16 Å². The monoisotopic (exact) mass is 161 g/mol. The van der Waals surface area contributed by atoms with Gasteiger partial charge in [-0.1, -0.05) is 22.8 Å². The maximum absolute atomic E-state index is 8.23. The van der Waals surface area contributed by atoms with Gasteiger partial charge in [-0.2, -0.15) is 0 Å². The van der Waals surface area contributed by atoms with Crippen molar-refractivity contribution in [2.75, 3.05) is 0 Å². The SMILES string of the molecule is C/C(Cl)=C/CC/C(C)=N\O. The normalized spacial score (nSPS) is 13.9. The third-order valence-electron chi connectivity index (χ3n) is 1.10. The van der Waals surface area contributed by atoms with Crippen LogP contribution in [0.2, 0.25) is 0 Å². The molecule has 0 aliphatic heterocycles. The third kappa shape index (κ3) is 5.63. The minimum atomic E-state index is 0.731. The number of halogens is 1. The zero-order valence-corrected chi connectivity index (χ0v) is 7.02. The smallest absolute Gasteiger partial charge is 0.0543 e. The van der Waals surface area contributed by atoms with E-state index in [9.17, 15) is 0 Å². The van der Waals surface area contributed by atoms with Crippen LogP contribution in [-0.2, 0) is 0 Å². The van der Waals surface area contributed by atoms with E-state index in [4.69, 9.17) is 16.8 Å². The lowest BCUT2D eigenvalue weighted by Crippen LogP contribution is -1.88. The molecule has 0 rings (SSSR count). The Kier molecular flexibility index (Phi) is 5.03. The topological polar surface area (TPSA) is 32.6 Å². The molecule has 58 valence electrons. The van der Waals surface area contributed by atoms with Crippen molar-refractivity contribution >= 4 is 17.3 Å². The van der Waals surface area contributed by atoms with Crippen molar-refractivity contribution in [3.8, 4) is 0 Å². The van der Waals surface area contributed by atoms with Crippen molar-refractivity contribution in [1.82, 2.24) is 0 Å². The fourth-order valence-corrected chi connectivity index (χ4v) is 0.639. The van der Waals surface area contributed by atoms with Gasteiger partial charge < -0.3 is 5.21 Å². The number of oxime groups is 1. The lowest BCUT2D eigenvalue weighted by molar-refractivity contribution is 0.317. The number of allylic oxidation sites excluding steroid dienone is 2. The molecular weight excluding hydrogens is 150 g/mol. The van der Waals surface area contributed by atoms with Crippen LogP contribution in [0.15, 0.2) is 16.3 Å². The molecule has 0 aromatic carbocycles. The van der Waals surface area contributed by atoms with Crippen molar-refractivity contribution in [3.05, 3.63) is 11.1 Å². The fraction of sp³-hybridized carbons (Fsp3) is 0.571. The molecule has 0 amide bonds. The Morgan fingerprint density at radius 2 is 2.20 bits per heavy atom. The molecule has 2 nitrogen and oxygen atoms in total. The van der Waals surface area contributed by atoms with E-state index in [1.807, 2.05) is 13.0 Å². The van der Waals surface area contributed by atoms with Crippen molar-refractivity contribution in [2.24, 2.45) is 5.16 Å². The molecule has 0 unspecified atom stereocenters. The van der Waals surface area contributed by atoms with Gasteiger partial charge in [-0.3, -0.25) is 0 Å². The van der Waals surface area contributed by atoms with Gasteiger partial charge in [-0.25, -0.2) is 0 Å². The molecule has 1 N–H and O–H groups in total. The van der Waals surface area contributed by atoms with Crippen LogP contribution in [0.4, 0.5) is 0 Å². The summed E-state index contributed by atoms with van der Waals surface area (Å²) in [6.07, 6.45) is 3.50. The molecule has 0 heterocycles. The van der Waals surface area contributed by atoms with Crippen molar-refractivity contribution in [1.29, 1.82) is 0 Å². The van der Waals surface area contributed by atoms with Crippen molar-refractivity contribution in [3.63, 3.8) is 0 Å². The van der Waals surface area contributed by atoms with Crippen LogP contribution in [-0.4, -0.2) is 10.9 Å². The van der Waals surface area contributed by atoms with Gasteiger partial charge in [-0.05, 0) is 26.7 Å². The van der Waals surface area contributed by atoms with Gasteiger partial charge in [0.1, 0.15) is 0 Å². The molecule has 0 radical (unpaired) electrons. The van der Waals surface area contributed by atoms with Gasteiger partial charge in [0.05, 0.1) is 5.71 Å². The Hall–Kier alpha value is -0.500. The maximum Gasteiger partial charge on any atom is 0.0543 e. The first-order chi connectivity index (χ1) is 4.66. The second-order valence-electron chi connectivity index (χ2n) is 2.16. The van der Waals surface area contributed by atoms with Crippen LogP contribution in [0.1, 0.15) is 26.7 Å². The van der Waals surface area contributed by atoms with Gasteiger partial charge in [0.2, 0.25) is 0 Å². The predicted octanol–water partition coefficient (Wildman–Crippen LogP) is 2.76. The molecule has 0 aromatic heterocycles. The van der Waals surface area contributed by atoms with Crippen LogP contribution in [0, 0.1) is 0 Å². The Labute approximate surface area is 66.2 Å². The number of hydrogen-bond acceptors (Lipinski definition) is 2. The summed E-state index contributed by atoms with van der Waals surface area (Å²) >= 11 is 5.56. The minimum absolute atomic E-state index is 0.731. The second kappa shape index (κ2) is 5.30. The van der Waals surface area contributed by atoms with E-state index < -0.39 is 0 Å². The van der Waals surface area contributed by atoms with E-state index in [-0.39, 0.29) is 0 Å². The molecule has 0 aliphatic rings. The van der Waals surface area contributed by atoms with E-state index in [0.29, 0.717) is 0 Å². The van der Waals surface area contributed by atoms with Crippen LogP contribution in [0.25, 0.3) is 0 Å². The molecule has 0 spiro atoms. The van der Waals surface area contributed by atoms with Crippen LogP contribution in [0.3, 0.4) is 0 Å². The van der Waals surface area contributed by atoms with Gasteiger partial charge in [-0.15, -0.1) is 0 Å². The predicted molar refractivity (Wildman–Crippen MR) is 43.7 cm³/mol. The minimum Gasteiger partial charge on any atom is -0.411 e. The molecule has 0 aromatic rings. The van der Waals surface area contributed by atoms with Gasteiger partial charge >= 0.3 is 0 Å². The average molecular weight is 162 g/mol.